The number of nitrogens with one attached hydrogen (secondary N) is 3. The Hall–Kier alpha value is -4.98. The standard InChI is InChI=1S/C21H18N4O.C6H6N2O/c26-21(20-12-16-14-22-11-10-19(16)25-20)23-13-15-6-8-18(9-7-15)24-17-4-2-1-3-5-17;7-6(9)5-3-1-2-4-8-5/h1-12,14,24-25H,13H2,(H,23,26);1-4H,(H2,7,9). The lowest BCUT2D eigenvalue weighted by molar-refractivity contribution is 0.0945. The second-order valence-corrected chi connectivity index (χ2v) is 7.60. The Morgan fingerprint density at radius 1 is 0.857 bits per heavy atom. The van der Waals surface area contributed by atoms with Crippen LogP contribution in [0.5, 0.6) is 0 Å². The first kappa shape index (κ1) is 23.2. The molecular weight excluding hydrogens is 440 g/mol. The van der Waals surface area contributed by atoms with Crippen LogP contribution in [0.15, 0.2) is 104 Å². The van der Waals surface area contributed by atoms with E-state index >= 15 is 0 Å². The Morgan fingerprint density at radius 3 is 2.26 bits per heavy atom. The Labute approximate surface area is 202 Å². The summed E-state index contributed by atoms with van der Waals surface area (Å²) in [6.07, 6.45) is 4.96. The normalized spacial score (nSPS) is 10.2. The predicted octanol–water partition coefficient (Wildman–Crippen LogP) is 4.42. The highest BCUT2D eigenvalue weighted by molar-refractivity contribution is 5.97. The van der Waals surface area contributed by atoms with Gasteiger partial charge < -0.3 is 21.4 Å². The number of carbonyl (C=O) groups excluding carboxylic acids is 2. The fraction of sp³-hybridized carbons (Fsp3) is 0.0370. The molecule has 3 aromatic heterocycles. The lowest BCUT2D eigenvalue weighted by Gasteiger charge is -2.08. The van der Waals surface area contributed by atoms with E-state index in [1.54, 1.807) is 30.6 Å². The molecule has 8 nitrogen and oxygen atoms in total. The molecule has 5 rings (SSSR count). The molecule has 0 unspecified atom stereocenters. The molecular formula is C27H24N6O2. The van der Waals surface area contributed by atoms with E-state index in [4.69, 9.17) is 5.73 Å². The Bertz CT molecular complexity index is 1370. The highest BCUT2D eigenvalue weighted by Crippen LogP contribution is 2.17. The van der Waals surface area contributed by atoms with Crippen LogP contribution in [0.2, 0.25) is 0 Å². The van der Waals surface area contributed by atoms with Crippen LogP contribution < -0.4 is 16.4 Å². The third-order valence-electron chi connectivity index (χ3n) is 5.05. The number of hydrogen-bond acceptors (Lipinski definition) is 5. The second kappa shape index (κ2) is 11.2. The van der Waals surface area contributed by atoms with Gasteiger partial charge in [0.15, 0.2) is 0 Å². The lowest BCUT2D eigenvalue weighted by atomic mass is 10.2. The van der Waals surface area contributed by atoms with E-state index in [1.807, 2.05) is 66.7 Å². The van der Waals surface area contributed by atoms with Crippen LogP contribution in [-0.4, -0.2) is 26.8 Å². The number of hydrogen-bond donors (Lipinski definition) is 4. The summed E-state index contributed by atoms with van der Waals surface area (Å²) in [5.74, 6) is -0.622. The van der Waals surface area contributed by atoms with Crippen molar-refractivity contribution in [1.82, 2.24) is 20.3 Å². The van der Waals surface area contributed by atoms with Crippen molar-refractivity contribution in [2.45, 2.75) is 6.54 Å². The first-order chi connectivity index (χ1) is 17.1. The number of benzene rings is 2. The SMILES string of the molecule is NC(=O)c1ccccn1.O=C(NCc1ccc(Nc2ccccc2)cc1)c1cc2cnccc2[nH]1. The molecule has 0 spiro atoms. The van der Waals surface area contributed by atoms with Gasteiger partial charge in [-0.2, -0.15) is 0 Å². The lowest BCUT2D eigenvalue weighted by Crippen LogP contribution is -2.23. The van der Waals surface area contributed by atoms with Gasteiger partial charge in [0.1, 0.15) is 11.4 Å². The van der Waals surface area contributed by atoms with Gasteiger partial charge in [0.05, 0.1) is 0 Å². The van der Waals surface area contributed by atoms with Crippen molar-refractivity contribution in [2.75, 3.05) is 5.32 Å². The molecule has 0 aliphatic heterocycles. The Balaban J connectivity index is 0.000000271. The minimum atomic E-state index is -0.490. The van der Waals surface area contributed by atoms with Gasteiger partial charge in [-0.05, 0) is 54.1 Å². The van der Waals surface area contributed by atoms with Crippen molar-refractivity contribution in [3.8, 4) is 0 Å². The largest absolute Gasteiger partial charge is 0.364 e. The van der Waals surface area contributed by atoms with E-state index in [2.05, 4.69) is 25.6 Å². The minimum Gasteiger partial charge on any atom is -0.364 e. The molecule has 0 saturated heterocycles. The highest BCUT2D eigenvalue weighted by Gasteiger charge is 2.09. The van der Waals surface area contributed by atoms with Gasteiger partial charge in [-0.25, -0.2) is 0 Å². The highest BCUT2D eigenvalue weighted by atomic mass is 16.2. The predicted molar refractivity (Wildman–Crippen MR) is 136 cm³/mol. The number of aromatic amines is 1. The monoisotopic (exact) mass is 464 g/mol. The van der Waals surface area contributed by atoms with Crippen molar-refractivity contribution in [3.05, 3.63) is 120 Å². The Morgan fingerprint density at radius 2 is 1.60 bits per heavy atom. The molecule has 5 aromatic rings. The molecule has 0 saturated carbocycles. The minimum absolute atomic E-state index is 0.132. The van der Waals surface area contributed by atoms with Gasteiger partial charge in [-0.1, -0.05) is 36.4 Å². The summed E-state index contributed by atoms with van der Waals surface area (Å²) in [5, 5.41) is 7.20. The summed E-state index contributed by atoms with van der Waals surface area (Å²) in [6, 6.07) is 26.7. The van der Waals surface area contributed by atoms with Crippen molar-refractivity contribution < 1.29 is 9.59 Å². The summed E-state index contributed by atoms with van der Waals surface area (Å²) in [4.78, 5) is 33.6. The topological polar surface area (TPSA) is 126 Å². The summed E-state index contributed by atoms with van der Waals surface area (Å²) in [6.45, 7) is 0.470. The van der Waals surface area contributed by atoms with Crippen LogP contribution in [0.1, 0.15) is 26.5 Å². The molecule has 2 amide bonds. The van der Waals surface area contributed by atoms with Crippen molar-refractivity contribution >= 4 is 34.1 Å². The quantitative estimate of drug-likeness (QED) is 0.296. The number of nitrogens with zero attached hydrogens (tertiary/aromatic N) is 2. The van der Waals surface area contributed by atoms with Crippen LogP contribution in [0.3, 0.4) is 0 Å². The van der Waals surface area contributed by atoms with Gasteiger partial charge >= 0.3 is 0 Å². The number of rotatable bonds is 6. The number of nitrogens with two attached hydrogens (primary N) is 1. The third kappa shape index (κ3) is 6.52. The maximum atomic E-state index is 12.3. The molecule has 0 fully saturated rings. The molecule has 2 aromatic carbocycles. The molecule has 0 radical (unpaired) electrons. The molecule has 0 aliphatic rings. The smallest absolute Gasteiger partial charge is 0.267 e. The van der Waals surface area contributed by atoms with E-state index < -0.39 is 5.91 Å². The fourth-order valence-corrected chi connectivity index (χ4v) is 3.27. The number of H-pyrrole nitrogens is 1. The zero-order valence-corrected chi connectivity index (χ0v) is 18.8. The van der Waals surface area contributed by atoms with Crippen LogP contribution in [-0.2, 0) is 6.54 Å². The van der Waals surface area contributed by atoms with E-state index in [1.165, 1.54) is 6.20 Å². The fourth-order valence-electron chi connectivity index (χ4n) is 3.27. The van der Waals surface area contributed by atoms with Gasteiger partial charge in [-0.3, -0.25) is 19.6 Å². The maximum absolute atomic E-state index is 12.3. The molecule has 0 bridgehead atoms. The van der Waals surface area contributed by atoms with Crippen molar-refractivity contribution in [2.24, 2.45) is 5.73 Å². The molecule has 3 heterocycles. The number of fused-ring (bicyclic) bond motifs is 1. The second-order valence-electron chi connectivity index (χ2n) is 7.60. The molecule has 0 aliphatic carbocycles. The zero-order chi connectivity index (χ0) is 24.5. The zero-order valence-electron chi connectivity index (χ0n) is 18.8. The van der Waals surface area contributed by atoms with E-state index in [-0.39, 0.29) is 5.91 Å². The number of carbonyl (C=O) groups is 2. The van der Waals surface area contributed by atoms with Gasteiger partial charge in [0, 0.05) is 47.4 Å². The van der Waals surface area contributed by atoms with E-state index in [0.29, 0.717) is 17.9 Å². The average Bonchev–Trinajstić information content (AvgIpc) is 3.34. The van der Waals surface area contributed by atoms with Gasteiger partial charge in [0.25, 0.3) is 11.8 Å². The van der Waals surface area contributed by atoms with Crippen molar-refractivity contribution in [3.63, 3.8) is 0 Å². The molecule has 0 atom stereocenters. The van der Waals surface area contributed by atoms with Crippen LogP contribution in [0, 0.1) is 0 Å². The van der Waals surface area contributed by atoms with Gasteiger partial charge in [0.2, 0.25) is 0 Å². The van der Waals surface area contributed by atoms with E-state index in [9.17, 15) is 9.59 Å². The number of para-hydroxylation sites is 1. The molecule has 8 heteroatoms. The van der Waals surface area contributed by atoms with Crippen LogP contribution >= 0.6 is 0 Å². The molecule has 35 heavy (non-hydrogen) atoms. The summed E-state index contributed by atoms with van der Waals surface area (Å²) in [5.41, 5.74) is 9.75. The first-order valence-electron chi connectivity index (χ1n) is 10.9. The van der Waals surface area contributed by atoms with Crippen LogP contribution in [0.4, 0.5) is 11.4 Å². The molecule has 5 N–H and O–H groups in total. The average molecular weight is 465 g/mol. The van der Waals surface area contributed by atoms with Crippen LogP contribution in [0.25, 0.3) is 10.9 Å². The third-order valence-corrected chi connectivity index (χ3v) is 5.05. The number of aromatic nitrogens is 3. The van der Waals surface area contributed by atoms with Crippen molar-refractivity contribution in [1.29, 1.82) is 0 Å². The Kier molecular flexibility index (Phi) is 7.45. The number of amides is 2. The number of anilines is 2. The summed E-state index contributed by atoms with van der Waals surface area (Å²) < 4.78 is 0. The van der Waals surface area contributed by atoms with Gasteiger partial charge in [-0.15, -0.1) is 0 Å². The number of pyridine rings is 2. The van der Waals surface area contributed by atoms with E-state index in [0.717, 1.165) is 27.8 Å². The summed E-state index contributed by atoms with van der Waals surface area (Å²) in [7, 11) is 0. The number of primary amides is 1. The maximum Gasteiger partial charge on any atom is 0.267 e. The molecule has 174 valence electrons. The first-order valence-corrected chi connectivity index (χ1v) is 10.9. The summed E-state index contributed by atoms with van der Waals surface area (Å²) >= 11 is 0.